The van der Waals surface area contributed by atoms with Crippen LogP contribution in [0.2, 0.25) is 0 Å². The Labute approximate surface area is 260 Å². The van der Waals surface area contributed by atoms with Gasteiger partial charge in [0.25, 0.3) is 0 Å². The molecule has 2 aromatic rings. The van der Waals surface area contributed by atoms with E-state index in [2.05, 4.69) is 9.98 Å². The second-order valence-electron chi connectivity index (χ2n) is 9.27. The molecular formula is C28H42F2I2N4O2. The Hall–Kier alpha value is -1.38. The van der Waals surface area contributed by atoms with Crippen molar-refractivity contribution in [3.63, 3.8) is 0 Å². The van der Waals surface area contributed by atoms with E-state index in [-0.39, 0.29) is 72.7 Å². The van der Waals surface area contributed by atoms with E-state index in [1.54, 1.807) is 24.3 Å². The second-order valence-corrected chi connectivity index (χ2v) is 9.27. The first-order valence-corrected chi connectivity index (χ1v) is 12.8. The molecule has 0 radical (unpaired) electrons. The Balaban J connectivity index is 0.00000684. The SMILES string of the molecule is CC[N+](CC)(CCN=C([O-])C([O-])=NCC[N+](CC)(CC)Cc1ccccc1F)Cc1ccccc1F.I.I. The summed E-state index contributed by atoms with van der Waals surface area (Å²) in [6.07, 6.45) is 0. The normalized spacial score (nSPS) is 12.6. The molecule has 0 fully saturated rings. The first kappa shape index (κ1) is 36.6. The van der Waals surface area contributed by atoms with E-state index in [0.29, 0.717) is 46.3 Å². The Morgan fingerprint density at radius 3 is 1.24 bits per heavy atom. The highest BCUT2D eigenvalue weighted by molar-refractivity contribution is 14.0. The summed E-state index contributed by atoms with van der Waals surface area (Å²) in [4.78, 5) is 7.91. The number of quaternary nitrogens is 2. The van der Waals surface area contributed by atoms with Crippen molar-refractivity contribution in [2.45, 2.75) is 40.8 Å². The number of benzene rings is 2. The molecule has 0 aromatic heterocycles. The highest BCUT2D eigenvalue weighted by atomic mass is 127. The predicted molar refractivity (Wildman–Crippen MR) is 168 cm³/mol. The zero-order valence-electron chi connectivity index (χ0n) is 22.9. The highest BCUT2D eigenvalue weighted by Gasteiger charge is 2.25. The molecule has 2 aromatic carbocycles. The first-order chi connectivity index (χ1) is 17.2. The van der Waals surface area contributed by atoms with Gasteiger partial charge in [0.05, 0.1) is 52.4 Å². The highest BCUT2D eigenvalue weighted by Crippen LogP contribution is 2.18. The van der Waals surface area contributed by atoms with Crippen molar-refractivity contribution >= 4 is 59.7 Å². The van der Waals surface area contributed by atoms with E-state index in [1.165, 1.54) is 12.1 Å². The molecule has 0 aliphatic carbocycles. The van der Waals surface area contributed by atoms with Gasteiger partial charge in [-0.25, -0.2) is 8.78 Å². The fourth-order valence-corrected chi connectivity index (χ4v) is 4.52. The van der Waals surface area contributed by atoms with Crippen LogP contribution in [-0.4, -0.2) is 73.1 Å². The molecule has 214 valence electrons. The minimum absolute atomic E-state index is 0. The van der Waals surface area contributed by atoms with Crippen molar-refractivity contribution in [3.05, 3.63) is 71.3 Å². The van der Waals surface area contributed by atoms with E-state index in [4.69, 9.17) is 0 Å². The van der Waals surface area contributed by atoms with Crippen molar-refractivity contribution in [2.24, 2.45) is 9.98 Å². The maximum Gasteiger partial charge on any atom is 0.132 e. The molecule has 0 aliphatic heterocycles. The van der Waals surface area contributed by atoms with Crippen LogP contribution in [0.4, 0.5) is 8.78 Å². The van der Waals surface area contributed by atoms with Gasteiger partial charge in [-0.15, -0.1) is 48.0 Å². The minimum atomic E-state index is -0.855. The van der Waals surface area contributed by atoms with Crippen LogP contribution in [0.1, 0.15) is 38.8 Å². The molecular weight excluding hydrogens is 716 g/mol. The summed E-state index contributed by atoms with van der Waals surface area (Å²) in [6, 6.07) is 13.4. The van der Waals surface area contributed by atoms with Gasteiger partial charge in [0.2, 0.25) is 0 Å². The van der Waals surface area contributed by atoms with E-state index in [0.717, 1.165) is 26.2 Å². The third kappa shape index (κ3) is 10.6. The minimum Gasteiger partial charge on any atom is -0.858 e. The second kappa shape index (κ2) is 18.1. The van der Waals surface area contributed by atoms with Gasteiger partial charge in [-0.1, -0.05) is 36.4 Å². The summed E-state index contributed by atoms with van der Waals surface area (Å²) in [5.41, 5.74) is 1.25. The van der Waals surface area contributed by atoms with Gasteiger partial charge in [-0.3, -0.25) is 9.98 Å². The fourth-order valence-electron chi connectivity index (χ4n) is 4.52. The number of halogens is 4. The topological polar surface area (TPSA) is 70.8 Å². The van der Waals surface area contributed by atoms with Gasteiger partial charge in [0, 0.05) is 11.1 Å². The van der Waals surface area contributed by atoms with Crippen LogP contribution >= 0.6 is 48.0 Å². The number of hydrogen-bond acceptors (Lipinski definition) is 4. The molecule has 0 spiro atoms. The number of rotatable bonds is 14. The zero-order chi connectivity index (χ0) is 26.6. The molecule has 6 nitrogen and oxygen atoms in total. The molecule has 0 atom stereocenters. The summed E-state index contributed by atoms with van der Waals surface area (Å²) >= 11 is 0. The monoisotopic (exact) mass is 758 g/mol. The predicted octanol–water partition coefficient (Wildman–Crippen LogP) is 4.13. The van der Waals surface area contributed by atoms with Crippen LogP contribution in [0.15, 0.2) is 58.5 Å². The van der Waals surface area contributed by atoms with Crippen LogP contribution in [0, 0.1) is 11.6 Å². The lowest BCUT2D eigenvalue weighted by Crippen LogP contribution is -2.49. The summed E-state index contributed by atoms with van der Waals surface area (Å²) in [5.74, 6) is -2.20. The quantitative estimate of drug-likeness (QED) is 0.126. The third-order valence-corrected chi connectivity index (χ3v) is 7.45. The number of aliphatic imine (C=N–C) groups is 2. The van der Waals surface area contributed by atoms with Crippen LogP contribution in [0.3, 0.4) is 0 Å². The molecule has 0 N–H and O–H groups in total. The van der Waals surface area contributed by atoms with Crippen LogP contribution in [-0.2, 0) is 13.1 Å². The molecule has 2 rings (SSSR count). The van der Waals surface area contributed by atoms with E-state index < -0.39 is 11.8 Å². The van der Waals surface area contributed by atoms with Gasteiger partial charge in [0.15, 0.2) is 0 Å². The van der Waals surface area contributed by atoms with Gasteiger partial charge in [-0.05, 0) is 51.6 Å². The summed E-state index contributed by atoms with van der Waals surface area (Å²) in [5, 5.41) is 24.6. The number of likely N-dealkylation sites (N-methyl/N-ethyl adjacent to an activating group) is 2. The molecule has 0 bridgehead atoms. The van der Waals surface area contributed by atoms with Crippen molar-refractivity contribution in [3.8, 4) is 0 Å². The lowest BCUT2D eigenvalue weighted by Gasteiger charge is -2.37. The standard InChI is InChI=1S/C28H40F2N4O2.2HI/c1-5-33(6-2,21-23-13-9-11-15-25(23)29)19-17-31-27(35)28(36)32-18-20-34(7-3,8-4)22-24-14-10-12-16-26(24)30;;/h9-16H,5-8,17-22H2,1-4H3;2*1H. The Kier molecular flexibility index (Phi) is 17.4. The average Bonchev–Trinajstić information content (AvgIpc) is 2.89. The van der Waals surface area contributed by atoms with Crippen molar-refractivity contribution < 1.29 is 28.0 Å². The fraction of sp³-hybridized carbons (Fsp3) is 0.500. The average molecular weight is 758 g/mol. The lowest BCUT2D eigenvalue weighted by atomic mass is 10.1. The number of hydrogen-bond donors (Lipinski definition) is 0. The molecule has 0 unspecified atom stereocenters. The summed E-state index contributed by atoms with van der Waals surface area (Å²) in [7, 11) is 0. The molecule has 10 heteroatoms. The van der Waals surface area contributed by atoms with Crippen molar-refractivity contribution in [1.82, 2.24) is 0 Å². The summed E-state index contributed by atoms with van der Waals surface area (Å²) in [6.45, 7) is 13.5. The smallest absolute Gasteiger partial charge is 0.132 e. The Bertz CT molecular complexity index is 948. The zero-order valence-corrected chi connectivity index (χ0v) is 27.5. The molecule has 38 heavy (non-hydrogen) atoms. The largest absolute Gasteiger partial charge is 0.858 e. The van der Waals surface area contributed by atoms with E-state index in [9.17, 15) is 19.0 Å². The Morgan fingerprint density at radius 2 is 0.947 bits per heavy atom. The van der Waals surface area contributed by atoms with E-state index >= 15 is 0 Å². The van der Waals surface area contributed by atoms with Crippen molar-refractivity contribution in [2.75, 3.05) is 52.4 Å². The first-order valence-electron chi connectivity index (χ1n) is 12.8. The number of nitrogens with zero attached hydrogens (tertiary/aromatic N) is 4. The van der Waals surface area contributed by atoms with Gasteiger partial charge in [0.1, 0.15) is 24.7 Å². The van der Waals surface area contributed by atoms with Gasteiger partial charge in [-0.2, -0.15) is 0 Å². The maximum atomic E-state index is 14.2. The Morgan fingerprint density at radius 1 is 0.632 bits per heavy atom. The molecule has 0 saturated heterocycles. The molecule has 0 amide bonds. The lowest BCUT2D eigenvalue weighted by molar-refractivity contribution is -0.936. The van der Waals surface area contributed by atoms with Crippen LogP contribution in [0.25, 0.3) is 0 Å². The molecule has 0 saturated carbocycles. The third-order valence-electron chi connectivity index (χ3n) is 7.45. The maximum absolute atomic E-state index is 14.2. The van der Waals surface area contributed by atoms with Gasteiger partial charge >= 0.3 is 0 Å². The van der Waals surface area contributed by atoms with E-state index in [1.807, 2.05) is 39.8 Å². The van der Waals surface area contributed by atoms with Gasteiger partial charge < -0.3 is 19.2 Å². The summed E-state index contributed by atoms with van der Waals surface area (Å²) < 4.78 is 29.5. The van der Waals surface area contributed by atoms with Crippen LogP contribution in [0.5, 0.6) is 0 Å². The van der Waals surface area contributed by atoms with Crippen LogP contribution < -0.4 is 10.2 Å². The molecule has 0 heterocycles. The molecule has 0 aliphatic rings. The van der Waals surface area contributed by atoms with Crippen molar-refractivity contribution in [1.29, 1.82) is 0 Å².